The number of hydrogen-bond acceptors (Lipinski definition) is 4. The van der Waals surface area contributed by atoms with Crippen LogP contribution in [0.2, 0.25) is 0 Å². The van der Waals surface area contributed by atoms with E-state index in [0.717, 1.165) is 0 Å². The van der Waals surface area contributed by atoms with Crippen LogP contribution in [0, 0.1) is 16.7 Å². The molecule has 0 aliphatic rings. The van der Waals surface area contributed by atoms with Gasteiger partial charge in [-0.3, -0.25) is 9.59 Å². The Morgan fingerprint density at radius 3 is 2.40 bits per heavy atom. The molecule has 6 heteroatoms. The van der Waals surface area contributed by atoms with Gasteiger partial charge in [0, 0.05) is 17.8 Å². The Kier molecular flexibility index (Phi) is 5.09. The molecule has 0 radical (unpaired) electrons. The van der Waals surface area contributed by atoms with Gasteiger partial charge in [-0.05, 0) is 38.1 Å². The van der Waals surface area contributed by atoms with Crippen LogP contribution in [0.15, 0.2) is 24.3 Å². The van der Waals surface area contributed by atoms with Crippen molar-refractivity contribution in [3.63, 3.8) is 0 Å². The van der Waals surface area contributed by atoms with Gasteiger partial charge in [-0.25, -0.2) is 0 Å². The van der Waals surface area contributed by atoms with Crippen molar-refractivity contribution in [2.75, 3.05) is 18.8 Å². The summed E-state index contributed by atoms with van der Waals surface area (Å²) >= 11 is 0. The molecular weight excluding hydrogens is 256 g/mol. The highest BCUT2D eigenvalue weighted by atomic mass is 16.2. The number of nitrogen functional groups attached to an aromatic ring is 1. The second-order valence-electron chi connectivity index (χ2n) is 5.08. The molecule has 0 aliphatic heterocycles. The Morgan fingerprint density at radius 2 is 1.85 bits per heavy atom. The number of hydrogen-bond donors (Lipinski definition) is 3. The lowest BCUT2D eigenvalue weighted by Crippen LogP contribution is -2.40. The molecule has 0 spiro atoms. The van der Waals surface area contributed by atoms with Crippen LogP contribution < -0.4 is 16.4 Å². The van der Waals surface area contributed by atoms with E-state index in [-0.39, 0.29) is 24.9 Å². The maximum Gasteiger partial charge on any atom is 0.251 e. The van der Waals surface area contributed by atoms with Crippen molar-refractivity contribution in [2.24, 2.45) is 5.41 Å². The van der Waals surface area contributed by atoms with Crippen LogP contribution in [0.25, 0.3) is 0 Å². The molecule has 0 saturated heterocycles. The first-order valence-corrected chi connectivity index (χ1v) is 6.16. The van der Waals surface area contributed by atoms with Gasteiger partial charge in [-0.2, -0.15) is 5.26 Å². The fraction of sp³-hybridized carbons (Fsp3) is 0.357. The molecule has 4 N–H and O–H groups in total. The summed E-state index contributed by atoms with van der Waals surface area (Å²) in [7, 11) is 0. The van der Waals surface area contributed by atoms with Crippen molar-refractivity contribution in [3.05, 3.63) is 29.8 Å². The molecule has 0 saturated carbocycles. The van der Waals surface area contributed by atoms with E-state index >= 15 is 0 Å². The van der Waals surface area contributed by atoms with Crippen molar-refractivity contribution in [1.29, 1.82) is 5.26 Å². The number of nitrogens with two attached hydrogens (primary N) is 1. The number of rotatable bonds is 5. The largest absolute Gasteiger partial charge is 0.399 e. The number of amides is 2. The van der Waals surface area contributed by atoms with Crippen LogP contribution in [-0.4, -0.2) is 24.9 Å². The second-order valence-corrected chi connectivity index (χ2v) is 5.08. The van der Waals surface area contributed by atoms with E-state index in [1.54, 1.807) is 38.1 Å². The molecule has 0 fully saturated rings. The maximum absolute atomic E-state index is 11.7. The predicted molar refractivity (Wildman–Crippen MR) is 75.6 cm³/mol. The van der Waals surface area contributed by atoms with E-state index in [2.05, 4.69) is 16.7 Å². The molecule has 1 aromatic carbocycles. The topological polar surface area (TPSA) is 108 Å². The van der Waals surface area contributed by atoms with Crippen molar-refractivity contribution >= 4 is 17.5 Å². The Bertz CT molecular complexity index is 529. The molecule has 2 amide bonds. The van der Waals surface area contributed by atoms with E-state index in [1.165, 1.54) is 0 Å². The Balaban J connectivity index is 2.40. The molecule has 0 unspecified atom stereocenters. The first-order valence-electron chi connectivity index (χ1n) is 6.16. The highest BCUT2D eigenvalue weighted by Crippen LogP contribution is 2.10. The van der Waals surface area contributed by atoms with Gasteiger partial charge in [0.05, 0.1) is 18.0 Å². The molecule has 6 nitrogen and oxygen atoms in total. The van der Waals surface area contributed by atoms with Crippen LogP contribution in [0.5, 0.6) is 0 Å². The number of benzene rings is 1. The van der Waals surface area contributed by atoms with Crippen LogP contribution in [0.4, 0.5) is 5.69 Å². The molecule has 0 bridgehead atoms. The van der Waals surface area contributed by atoms with Crippen molar-refractivity contribution in [3.8, 4) is 6.07 Å². The standard InChI is InChI=1S/C14H18N4O2/c1-14(2,8-15)9-18-12(19)7-17-13(20)10-3-5-11(16)6-4-10/h3-6H,7,9,16H2,1-2H3,(H,17,20)(H,18,19). The first kappa shape index (κ1) is 15.5. The Hall–Kier alpha value is -2.55. The zero-order valence-corrected chi connectivity index (χ0v) is 11.6. The molecular formula is C14H18N4O2. The van der Waals surface area contributed by atoms with Gasteiger partial charge < -0.3 is 16.4 Å². The van der Waals surface area contributed by atoms with Crippen molar-refractivity contribution in [1.82, 2.24) is 10.6 Å². The van der Waals surface area contributed by atoms with Gasteiger partial charge in [0.2, 0.25) is 5.91 Å². The smallest absolute Gasteiger partial charge is 0.251 e. The highest BCUT2D eigenvalue weighted by molar-refractivity contribution is 5.96. The summed E-state index contributed by atoms with van der Waals surface area (Å²) in [6, 6.07) is 8.48. The summed E-state index contributed by atoms with van der Waals surface area (Å²) in [6.45, 7) is 3.55. The van der Waals surface area contributed by atoms with Crippen molar-refractivity contribution in [2.45, 2.75) is 13.8 Å². The lowest BCUT2D eigenvalue weighted by Gasteiger charge is -2.15. The van der Waals surface area contributed by atoms with Crippen LogP contribution in [0.3, 0.4) is 0 Å². The number of carbonyl (C=O) groups is 2. The minimum absolute atomic E-state index is 0.134. The SMILES string of the molecule is CC(C)(C#N)CNC(=O)CNC(=O)c1ccc(N)cc1. The van der Waals surface area contributed by atoms with E-state index in [1.807, 2.05) is 0 Å². The third kappa shape index (κ3) is 4.98. The van der Waals surface area contributed by atoms with Gasteiger partial charge in [0.15, 0.2) is 0 Å². The lowest BCUT2D eigenvalue weighted by molar-refractivity contribution is -0.120. The third-order valence-corrected chi connectivity index (χ3v) is 2.61. The normalized spacial score (nSPS) is 10.4. The molecule has 1 rings (SSSR count). The lowest BCUT2D eigenvalue weighted by atomic mass is 9.96. The molecule has 0 heterocycles. The number of nitrogens with one attached hydrogen (secondary N) is 2. The minimum Gasteiger partial charge on any atom is -0.399 e. The maximum atomic E-state index is 11.7. The van der Waals surface area contributed by atoms with E-state index in [9.17, 15) is 9.59 Å². The molecule has 106 valence electrons. The average Bonchev–Trinajstić information content (AvgIpc) is 2.43. The highest BCUT2D eigenvalue weighted by Gasteiger charge is 2.17. The summed E-state index contributed by atoms with van der Waals surface area (Å²) in [5.74, 6) is -0.684. The van der Waals surface area contributed by atoms with E-state index in [0.29, 0.717) is 11.3 Å². The number of carbonyl (C=O) groups excluding carboxylic acids is 2. The van der Waals surface area contributed by atoms with E-state index in [4.69, 9.17) is 11.0 Å². The van der Waals surface area contributed by atoms with Gasteiger partial charge in [0.1, 0.15) is 0 Å². The fourth-order valence-electron chi connectivity index (χ4n) is 1.32. The first-order chi connectivity index (χ1) is 9.34. The molecule has 1 aromatic rings. The summed E-state index contributed by atoms with van der Waals surface area (Å²) < 4.78 is 0. The number of nitriles is 1. The quantitative estimate of drug-likeness (QED) is 0.685. The molecule has 0 atom stereocenters. The fourth-order valence-corrected chi connectivity index (χ4v) is 1.32. The predicted octanol–water partition coefficient (Wildman–Crippen LogP) is 0.665. The van der Waals surface area contributed by atoms with Gasteiger partial charge in [-0.15, -0.1) is 0 Å². The zero-order valence-electron chi connectivity index (χ0n) is 11.6. The van der Waals surface area contributed by atoms with E-state index < -0.39 is 5.41 Å². The van der Waals surface area contributed by atoms with Crippen molar-refractivity contribution < 1.29 is 9.59 Å². The average molecular weight is 274 g/mol. The second kappa shape index (κ2) is 6.57. The summed E-state index contributed by atoms with van der Waals surface area (Å²) in [4.78, 5) is 23.3. The monoisotopic (exact) mass is 274 g/mol. The zero-order chi connectivity index (χ0) is 15.2. The molecule has 0 aliphatic carbocycles. The Morgan fingerprint density at radius 1 is 1.25 bits per heavy atom. The number of anilines is 1. The van der Waals surface area contributed by atoms with Gasteiger partial charge in [-0.1, -0.05) is 0 Å². The van der Waals surface area contributed by atoms with Crippen LogP contribution in [0.1, 0.15) is 24.2 Å². The Labute approximate surface area is 118 Å². The molecule has 0 aromatic heterocycles. The number of nitrogens with zero attached hydrogens (tertiary/aromatic N) is 1. The minimum atomic E-state index is -0.628. The van der Waals surface area contributed by atoms with Crippen LogP contribution in [-0.2, 0) is 4.79 Å². The molecule has 20 heavy (non-hydrogen) atoms. The van der Waals surface area contributed by atoms with Crippen LogP contribution >= 0.6 is 0 Å². The summed E-state index contributed by atoms with van der Waals surface area (Å²) in [5.41, 5.74) is 5.89. The third-order valence-electron chi connectivity index (χ3n) is 2.61. The van der Waals surface area contributed by atoms with Gasteiger partial charge >= 0.3 is 0 Å². The summed E-state index contributed by atoms with van der Waals surface area (Å²) in [5, 5.41) is 13.9. The summed E-state index contributed by atoms with van der Waals surface area (Å²) in [6.07, 6.45) is 0. The van der Waals surface area contributed by atoms with Gasteiger partial charge in [0.25, 0.3) is 5.91 Å².